The van der Waals surface area contributed by atoms with E-state index in [9.17, 15) is 4.79 Å². The molecule has 4 nitrogen and oxygen atoms in total. The van der Waals surface area contributed by atoms with Gasteiger partial charge in [-0.3, -0.25) is 4.98 Å². The van der Waals surface area contributed by atoms with E-state index in [2.05, 4.69) is 4.98 Å². The summed E-state index contributed by atoms with van der Waals surface area (Å²) >= 11 is 1.40. The number of rotatable bonds is 3. The SMILES string of the molecule is COc1ccc(-c2ccncc2C(=O)O)s1. The van der Waals surface area contributed by atoms with Crippen molar-refractivity contribution < 1.29 is 14.6 Å². The number of aromatic nitrogens is 1. The van der Waals surface area contributed by atoms with E-state index in [0.29, 0.717) is 5.56 Å². The van der Waals surface area contributed by atoms with Gasteiger partial charge in [-0.05, 0) is 18.2 Å². The maximum atomic E-state index is 11.0. The van der Waals surface area contributed by atoms with Gasteiger partial charge >= 0.3 is 5.97 Å². The van der Waals surface area contributed by atoms with Crippen molar-refractivity contribution in [3.05, 3.63) is 36.2 Å². The minimum Gasteiger partial charge on any atom is -0.487 e. The third-order valence-electron chi connectivity index (χ3n) is 2.10. The summed E-state index contributed by atoms with van der Waals surface area (Å²) < 4.78 is 5.07. The molecular weight excluding hydrogens is 226 g/mol. The van der Waals surface area contributed by atoms with Crippen molar-refractivity contribution in [3.63, 3.8) is 0 Å². The monoisotopic (exact) mass is 235 g/mol. The Morgan fingerprint density at radius 3 is 2.88 bits per heavy atom. The lowest BCUT2D eigenvalue weighted by molar-refractivity contribution is 0.0697. The van der Waals surface area contributed by atoms with Crippen LogP contribution in [0.4, 0.5) is 0 Å². The standard InChI is InChI=1S/C11H9NO3S/c1-15-10-3-2-9(16-10)7-4-5-12-6-8(7)11(13)14/h2-6H,1H3,(H,13,14). The molecule has 0 fully saturated rings. The van der Waals surface area contributed by atoms with Crippen LogP contribution in [-0.2, 0) is 0 Å². The molecule has 1 N–H and O–H groups in total. The molecule has 82 valence electrons. The van der Waals surface area contributed by atoms with Crippen LogP contribution < -0.4 is 4.74 Å². The summed E-state index contributed by atoms with van der Waals surface area (Å²) in [5.74, 6) is -0.976. The minimum atomic E-state index is -0.976. The highest BCUT2D eigenvalue weighted by Gasteiger charge is 2.13. The lowest BCUT2D eigenvalue weighted by atomic mass is 10.1. The molecule has 0 aliphatic rings. The van der Waals surface area contributed by atoms with E-state index in [1.54, 1.807) is 19.4 Å². The number of thiophene rings is 1. The Labute approximate surface area is 96.1 Å². The molecule has 5 heteroatoms. The van der Waals surface area contributed by atoms with Crippen molar-refractivity contribution in [1.82, 2.24) is 4.98 Å². The molecule has 0 atom stereocenters. The predicted molar refractivity (Wildman–Crippen MR) is 61.1 cm³/mol. The van der Waals surface area contributed by atoms with Gasteiger partial charge in [0.15, 0.2) is 5.06 Å². The van der Waals surface area contributed by atoms with Crippen LogP contribution in [0.3, 0.4) is 0 Å². The number of carbonyl (C=O) groups is 1. The average molecular weight is 235 g/mol. The molecule has 2 rings (SSSR count). The Bertz CT molecular complexity index is 521. The van der Waals surface area contributed by atoms with Crippen molar-refractivity contribution in [3.8, 4) is 15.5 Å². The number of hydrogen-bond donors (Lipinski definition) is 1. The number of hydrogen-bond acceptors (Lipinski definition) is 4. The zero-order valence-electron chi connectivity index (χ0n) is 8.51. The van der Waals surface area contributed by atoms with Crippen LogP contribution in [0.2, 0.25) is 0 Å². The second-order valence-electron chi connectivity index (χ2n) is 3.05. The van der Waals surface area contributed by atoms with Gasteiger partial charge < -0.3 is 9.84 Å². The molecule has 0 saturated heterocycles. The molecule has 2 aromatic rings. The highest BCUT2D eigenvalue weighted by Crippen LogP contribution is 2.34. The smallest absolute Gasteiger partial charge is 0.337 e. The quantitative estimate of drug-likeness (QED) is 0.888. The summed E-state index contributed by atoms with van der Waals surface area (Å²) in [6.07, 6.45) is 2.93. The maximum absolute atomic E-state index is 11.0. The highest BCUT2D eigenvalue weighted by atomic mass is 32.1. The van der Waals surface area contributed by atoms with Gasteiger partial charge in [0, 0.05) is 22.8 Å². The fraction of sp³-hybridized carbons (Fsp3) is 0.0909. The lowest BCUT2D eigenvalue weighted by Gasteiger charge is -2.01. The third kappa shape index (κ3) is 1.90. The molecule has 0 unspecified atom stereocenters. The molecule has 0 radical (unpaired) electrons. The van der Waals surface area contributed by atoms with Crippen LogP contribution in [0.5, 0.6) is 5.06 Å². The van der Waals surface area contributed by atoms with Crippen molar-refractivity contribution in [2.24, 2.45) is 0 Å². The fourth-order valence-corrected chi connectivity index (χ4v) is 2.21. The molecule has 0 aromatic carbocycles. The van der Waals surface area contributed by atoms with E-state index in [1.165, 1.54) is 17.5 Å². The molecule has 0 aliphatic heterocycles. The molecule has 0 bridgehead atoms. The van der Waals surface area contributed by atoms with Gasteiger partial charge in [0.1, 0.15) is 0 Å². The molecule has 2 heterocycles. The largest absolute Gasteiger partial charge is 0.487 e. The van der Waals surface area contributed by atoms with Crippen molar-refractivity contribution >= 4 is 17.3 Å². The predicted octanol–water partition coefficient (Wildman–Crippen LogP) is 2.52. The minimum absolute atomic E-state index is 0.201. The first kappa shape index (κ1) is 10.6. The van der Waals surface area contributed by atoms with E-state index >= 15 is 0 Å². The van der Waals surface area contributed by atoms with Gasteiger partial charge in [-0.1, -0.05) is 11.3 Å². The first-order valence-electron chi connectivity index (χ1n) is 4.54. The van der Waals surface area contributed by atoms with Gasteiger partial charge in [0.05, 0.1) is 12.7 Å². The first-order valence-corrected chi connectivity index (χ1v) is 5.35. The number of pyridine rings is 1. The van der Waals surface area contributed by atoms with E-state index in [1.807, 2.05) is 12.1 Å². The third-order valence-corrected chi connectivity index (χ3v) is 3.18. The Balaban J connectivity index is 2.50. The second-order valence-corrected chi connectivity index (χ2v) is 4.10. The molecule has 0 spiro atoms. The zero-order chi connectivity index (χ0) is 11.5. The van der Waals surface area contributed by atoms with Crippen molar-refractivity contribution in [2.75, 3.05) is 7.11 Å². The number of carboxylic acid groups (broad SMARTS) is 1. The molecule has 0 aliphatic carbocycles. The highest BCUT2D eigenvalue weighted by molar-refractivity contribution is 7.17. The topological polar surface area (TPSA) is 59.4 Å². The van der Waals surface area contributed by atoms with Gasteiger partial charge in [0.25, 0.3) is 0 Å². The molecule has 2 aromatic heterocycles. The van der Waals surface area contributed by atoms with Crippen molar-refractivity contribution in [1.29, 1.82) is 0 Å². The Morgan fingerprint density at radius 1 is 1.44 bits per heavy atom. The molecule has 0 amide bonds. The van der Waals surface area contributed by atoms with Gasteiger partial charge in [-0.15, -0.1) is 0 Å². The van der Waals surface area contributed by atoms with Crippen molar-refractivity contribution in [2.45, 2.75) is 0 Å². The summed E-state index contributed by atoms with van der Waals surface area (Å²) in [4.78, 5) is 15.7. The van der Waals surface area contributed by atoms with Crippen LogP contribution in [0.15, 0.2) is 30.6 Å². The Hall–Kier alpha value is -1.88. The summed E-state index contributed by atoms with van der Waals surface area (Å²) in [6, 6.07) is 5.34. The fourth-order valence-electron chi connectivity index (χ4n) is 1.35. The molecular formula is C11H9NO3S. The van der Waals surface area contributed by atoms with Crippen LogP contribution in [0.1, 0.15) is 10.4 Å². The van der Waals surface area contributed by atoms with Gasteiger partial charge in [-0.25, -0.2) is 4.79 Å². The number of carboxylic acids is 1. The zero-order valence-corrected chi connectivity index (χ0v) is 9.32. The van der Waals surface area contributed by atoms with E-state index in [0.717, 1.165) is 9.94 Å². The Kier molecular flexibility index (Phi) is 2.87. The lowest BCUT2D eigenvalue weighted by Crippen LogP contribution is -1.99. The maximum Gasteiger partial charge on any atom is 0.337 e. The van der Waals surface area contributed by atoms with E-state index in [4.69, 9.17) is 9.84 Å². The van der Waals surface area contributed by atoms with E-state index < -0.39 is 5.97 Å². The van der Waals surface area contributed by atoms with E-state index in [-0.39, 0.29) is 5.56 Å². The van der Waals surface area contributed by atoms with Crippen LogP contribution in [0.25, 0.3) is 10.4 Å². The summed E-state index contributed by atoms with van der Waals surface area (Å²) in [7, 11) is 1.58. The Morgan fingerprint density at radius 2 is 2.25 bits per heavy atom. The normalized spacial score (nSPS) is 10.1. The number of ether oxygens (including phenoxy) is 1. The number of aromatic carboxylic acids is 1. The van der Waals surface area contributed by atoms with Gasteiger partial charge in [-0.2, -0.15) is 0 Å². The number of methoxy groups -OCH3 is 1. The van der Waals surface area contributed by atoms with Crippen LogP contribution in [0, 0.1) is 0 Å². The van der Waals surface area contributed by atoms with Crippen LogP contribution >= 0.6 is 11.3 Å². The summed E-state index contributed by atoms with van der Waals surface area (Å²) in [5.41, 5.74) is 0.864. The first-order chi connectivity index (χ1) is 7.72. The molecule has 0 saturated carbocycles. The van der Waals surface area contributed by atoms with Gasteiger partial charge in [0.2, 0.25) is 0 Å². The number of nitrogens with zero attached hydrogens (tertiary/aromatic N) is 1. The van der Waals surface area contributed by atoms with Crippen LogP contribution in [-0.4, -0.2) is 23.2 Å². The summed E-state index contributed by atoms with van der Waals surface area (Å²) in [5, 5.41) is 9.78. The second kappa shape index (κ2) is 4.32. The average Bonchev–Trinajstić information content (AvgIpc) is 2.77. The molecule has 16 heavy (non-hydrogen) atoms. The summed E-state index contributed by atoms with van der Waals surface area (Å²) in [6.45, 7) is 0.